The van der Waals surface area contributed by atoms with Crippen molar-refractivity contribution in [3.63, 3.8) is 0 Å². The molecule has 3 rings (SSSR count). The van der Waals surface area contributed by atoms with Crippen molar-refractivity contribution in [3.8, 4) is 22.6 Å². The van der Waals surface area contributed by atoms with Gasteiger partial charge in [-0.05, 0) is 42.0 Å². The first-order valence-electron chi connectivity index (χ1n) is 7.84. The Morgan fingerprint density at radius 1 is 0.800 bits per heavy atom. The highest BCUT2D eigenvalue weighted by molar-refractivity contribution is 5.79. The van der Waals surface area contributed by atoms with Crippen molar-refractivity contribution < 1.29 is 14.3 Å². The Hall–Kier alpha value is -3.40. The predicted molar refractivity (Wildman–Crippen MR) is 98.7 cm³/mol. The van der Waals surface area contributed by atoms with Gasteiger partial charge in [-0.2, -0.15) is 0 Å². The molecule has 0 aliphatic rings. The molecular weight excluding hydrogens is 314 g/mol. The van der Waals surface area contributed by atoms with Crippen LogP contribution in [0, 0.1) is 0 Å². The molecule has 4 heteroatoms. The molecule has 4 nitrogen and oxygen atoms in total. The number of hydrogen-bond acceptors (Lipinski definition) is 4. The number of nitrogens with one attached hydrogen (secondary N) is 1. The highest BCUT2D eigenvalue weighted by Crippen LogP contribution is 2.35. The van der Waals surface area contributed by atoms with Crippen molar-refractivity contribution >= 4 is 18.3 Å². The summed E-state index contributed by atoms with van der Waals surface area (Å²) in [6.45, 7) is 0. The summed E-state index contributed by atoms with van der Waals surface area (Å²) < 4.78 is 6.04. The fourth-order valence-electron chi connectivity index (χ4n) is 2.48. The van der Waals surface area contributed by atoms with Crippen LogP contribution in [0.2, 0.25) is 0 Å². The Kier molecular flexibility index (Phi) is 4.90. The van der Waals surface area contributed by atoms with Crippen molar-refractivity contribution in [2.45, 2.75) is 0 Å². The van der Waals surface area contributed by atoms with E-state index in [0.717, 1.165) is 29.4 Å². The van der Waals surface area contributed by atoms with E-state index >= 15 is 0 Å². The van der Waals surface area contributed by atoms with Gasteiger partial charge in [0.1, 0.15) is 24.1 Å². The third kappa shape index (κ3) is 3.75. The summed E-state index contributed by atoms with van der Waals surface area (Å²) in [6, 6.07) is 20.1. The summed E-state index contributed by atoms with van der Waals surface area (Å²) in [6.07, 6.45) is 1.62. The molecule has 3 aromatic rings. The lowest BCUT2D eigenvalue weighted by molar-refractivity contribution is 0.111. The van der Waals surface area contributed by atoms with E-state index < -0.39 is 0 Å². The molecule has 0 spiro atoms. The maximum atomic E-state index is 10.8. The van der Waals surface area contributed by atoms with Crippen LogP contribution in [0.25, 0.3) is 11.1 Å². The molecule has 0 aliphatic heterocycles. The van der Waals surface area contributed by atoms with Gasteiger partial charge < -0.3 is 10.1 Å². The van der Waals surface area contributed by atoms with Crippen LogP contribution < -0.4 is 10.1 Å². The lowest BCUT2D eigenvalue weighted by Gasteiger charge is -2.13. The van der Waals surface area contributed by atoms with Crippen LogP contribution in [0.15, 0.2) is 66.7 Å². The number of carbonyl (C=O) groups is 2. The highest BCUT2D eigenvalue weighted by Gasteiger charge is 2.09. The molecule has 124 valence electrons. The zero-order valence-corrected chi connectivity index (χ0v) is 13.7. The Morgan fingerprint density at radius 2 is 1.40 bits per heavy atom. The lowest BCUT2D eigenvalue weighted by atomic mass is 10.0. The van der Waals surface area contributed by atoms with Crippen LogP contribution in [0.5, 0.6) is 11.5 Å². The molecule has 1 N–H and O–H groups in total. The molecule has 25 heavy (non-hydrogen) atoms. The molecule has 3 aromatic carbocycles. The van der Waals surface area contributed by atoms with Gasteiger partial charge in [-0.25, -0.2) is 0 Å². The number of anilines is 1. The molecule has 0 bridgehead atoms. The van der Waals surface area contributed by atoms with Crippen molar-refractivity contribution in [2.75, 3.05) is 12.4 Å². The molecule has 0 amide bonds. The van der Waals surface area contributed by atoms with Gasteiger partial charge in [0.25, 0.3) is 0 Å². The summed E-state index contributed by atoms with van der Waals surface area (Å²) in [7, 11) is 1.84. The van der Waals surface area contributed by atoms with Crippen LogP contribution in [0.3, 0.4) is 0 Å². The minimum atomic E-state index is 0.598. The molecule has 0 heterocycles. The molecule has 0 saturated carbocycles. The smallest absolute Gasteiger partial charge is 0.150 e. The van der Waals surface area contributed by atoms with Crippen LogP contribution in [-0.2, 0) is 0 Å². The highest BCUT2D eigenvalue weighted by atomic mass is 16.5. The van der Waals surface area contributed by atoms with E-state index in [0.29, 0.717) is 22.6 Å². The van der Waals surface area contributed by atoms with E-state index in [9.17, 15) is 9.59 Å². The fraction of sp³-hybridized carbons (Fsp3) is 0.0476. The number of rotatable bonds is 6. The zero-order valence-electron chi connectivity index (χ0n) is 13.7. The Morgan fingerprint density at radius 3 is 1.96 bits per heavy atom. The predicted octanol–water partition coefficient (Wildman–Crippen LogP) is 4.81. The number of aldehydes is 2. The Labute approximate surface area is 146 Å². The van der Waals surface area contributed by atoms with E-state index in [1.54, 1.807) is 36.4 Å². The van der Waals surface area contributed by atoms with Crippen molar-refractivity contribution in [3.05, 3.63) is 77.9 Å². The van der Waals surface area contributed by atoms with Crippen LogP contribution in [0.4, 0.5) is 5.69 Å². The second-order valence-corrected chi connectivity index (χ2v) is 5.49. The number of ether oxygens (including phenoxy) is 1. The van der Waals surface area contributed by atoms with Crippen molar-refractivity contribution in [2.24, 2.45) is 0 Å². The summed E-state index contributed by atoms with van der Waals surface area (Å²) in [5.41, 5.74) is 4.01. The molecule has 0 radical (unpaired) electrons. The first-order chi connectivity index (χ1) is 12.2. The first kappa shape index (κ1) is 16.5. The standard InChI is InChI=1S/C21H17NO3/c1-22-18-8-11-20(17-6-2-15(13-23)3-7-17)21(12-18)25-19-9-4-16(14-24)5-10-19/h2-14,22H,1H3. The Balaban J connectivity index is 1.99. The molecule has 0 aliphatic carbocycles. The summed E-state index contributed by atoms with van der Waals surface area (Å²) >= 11 is 0. The zero-order chi connectivity index (χ0) is 17.6. The number of hydrogen-bond donors (Lipinski definition) is 1. The van der Waals surface area contributed by atoms with Gasteiger partial charge >= 0.3 is 0 Å². The van der Waals surface area contributed by atoms with Gasteiger partial charge in [0.2, 0.25) is 0 Å². The third-order valence-corrected chi connectivity index (χ3v) is 3.87. The van der Waals surface area contributed by atoms with Crippen molar-refractivity contribution in [1.29, 1.82) is 0 Å². The van der Waals surface area contributed by atoms with E-state index in [4.69, 9.17) is 4.74 Å². The maximum Gasteiger partial charge on any atom is 0.150 e. The molecule has 0 unspecified atom stereocenters. The largest absolute Gasteiger partial charge is 0.457 e. The molecule has 0 fully saturated rings. The molecule has 0 saturated heterocycles. The average Bonchev–Trinajstić information content (AvgIpc) is 2.68. The van der Waals surface area contributed by atoms with Crippen LogP contribution >= 0.6 is 0 Å². The van der Waals surface area contributed by atoms with Gasteiger partial charge in [0.15, 0.2) is 0 Å². The normalized spacial score (nSPS) is 10.1. The van der Waals surface area contributed by atoms with E-state index in [2.05, 4.69) is 5.32 Å². The Bertz CT molecular complexity index is 884. The van der Waals surface area contributed by atoms with Gasteiger partial charge in [0, 0.05) is 35.5 Å². The van der Waals surface area contributed by atoms with E-state index in [1.165, 1.54) is 0 Å². The van der Waals surface area contributed by atoms with Gasteiger partial charge in [0.05, 0.1) is 0 Å². The van der Waals surface area contributed by atoms with Crippen LogP contribution in [0.1, 0.15) is 20.7 Å². The van der Waals surface area contributed by atoms with E-state index in [1.807, 2.05) is 37.4 Å². The summed E-state index contributed by atoms with van der Waals surface area (Å²) in [5.74, 6) is 1.33. The quantitative estimate of drug-likeness (QED) is 0.658. The number of carbonyl (C=O) groups excluding carboxylic acids is 2. The van der Waals surface area contributed by atoms with E-state index in [-0.39, 0.29) is 0 Å². The van der Waals surface area contributed by atoms with Crippen LogP contribution in [-0.4, -0.2) is 19.6 Å². The molecular formula is C21H17NO3. The average molecular weight is 331 g/mol. The minimum absolute atomic E-state index is 0.598. The minimum Gasteiger partial charge on any atom is -0.457 e. The van der Waals surface area contributed by atoms with Gasteiger partial charge in [-0.15, -0.1) is 0 Å². The van der Waals surface area contributed by atoms with Gasteiger partial charge in [-0.1, -0.05) is 24.3 Å². The summed E-state index contributed by atoms with van der Waals surface area (Å²) in [5, 5.41) is 3.10. The fourth-order valence-corrected chi connectivity index (χ4v) is 2.48. The lowest BCUT2D eigenvalue weighted by Crippen LogP contribution is -1.93. The third-order valence-electron chi connectivity index (χ3n) is 3.87. The van der Waals surface area contributed by atoms with Gasteiger partial charge in [-0.3, -0.25) is 9.59 Å². The topological polar surface area (TPSA) is 55.4 Å². The SMILES string of the molecule is CNc1ccc(-c2ccc(C=O)cc2)c(Oc2ccc(C=O)cc2)c1. The summed E-state index contributed by atoms with van der Waals surface area (Å²) in [4.78, 5) is 21.6. The maximum absolute atomic E-state index is 10.8. The first-order valence-corrected chi connectivity index (χ1v) is 7.84. The number of benzene rings is 3. The second kappa shape index (κ2) is 7.45. The monoisotopic (exact) mass is 331 g/mol. The van der Waals surface area contributed by atoms with Crippen molar-refractivity contribution in [1.82, 2.24) is 0 Å². The second-order valence-electron chi connectivity index (χ2n) is 5.49. The molecule has 0 aromatic heterocycles. The molecule has 0 atom stereocenters.